The fraction of sp³-hybridized carbons (Fsp3) is 0.440. The molecule has 2 heterocycles. The minimum Gasteiger partial charge on any atom is -0.445 e. The number of carbonyl (C=O) groups is 2. The third kappa shape index (κ3) is 7.57. The first kappa shape index (κ1) is 28.1. The van der Waals surface area contributed by atoms with Crippen LogP contribution in [0, 0.1) is 20.2 Å². The van der Waals surface area contributed by atoms with Crippen molar-refractivity contribution in [2.45, 2.75) is 43.5 Å². The summed E-state index contributed by atoms with van der Waals surface area (Å²) >= 11 is 1.63. The summed E-state index contributed by atoms with van der Waals surface area (Å²) < 4.78 is 10.7. The molecule has 2 aromatic rings. The molecular formula is C25H28N4O9S. The van der Waals surface area contributed by atoms with Crippen LogP contribution in [0.5, 0.6) is 0 Å². The second kappa shape index (κ2) is 12.8. The third-order valence-electron chi connectivity index (χ3n) is 6.57. The molecule has 208 valence electrons. The van der Waals surface area contributed by atoms with Crippen LogP contribution >= 0.6 is 11.8 Å². The predicted octanol–water partition coefficient (Wildman–Crippen LogP) is 3.72. The Kier molecular flexibility index (Phi) is 9.19. The van der Waals surface area contributed by atoms with Gasteiger partial charge in [-0.15, -0.1) is 0 Å². The Morgan fingerprint density at radius 2 is 1.44 bits per heavy atom. The van der Waals surface area contributed by atoms with Crippen LogP contribution in [-0.2, 0) is 22.7 Å². The van der Waals surface area contributed by atoms with Crippen LogP contribution < -0.4 is 0 Å². The maximum Gasteiger partial charge on any atom is 0.410 e. The molecule has 14 heteroatoms. The van der Waals surface area contributed by atoms with E-state index in [1.54, 1.807) is 28.8 Å². The Morgan fingerprint density at radius 1 is 0.897 bits per heavy atom. The molecule has 2 aromatic carbocycles. The summed E-state index contributed by atoms with van der Waals surface area (Å²) in [5.74, 6) is 0.569. The van der Waals surface area contributed by atoms with E-state index in [4.69, 9.17) is 9.47 Å². The van der Waals surface area contributed by atoms with Gasteiger partial charge in [0.05, 0.1) is 22.5 Å². The fourth-order valence-corrected chi connectivity index (χ4v) is 5.81. The lowest BCUT2D eigenvalue weighted by atomic mass is 10.2. The Bertz CT molecular complexity index is 1200. The van der Waals surface area contributed by atoms with Gasteiger partial charge in [0.2, 0.25) is 0 Å². The van der Waals surface area contributed by atoms with Crippen molar-refractivity contribution < 1.29 is 34.0 Å². The van der Waals surface area contributed by atoms with Gasteiger partial charge in [-0.3, -0.25) is 20.2 Å². The van der Waals surface area contributed by atoms with E-state index in [0.717, 1.165) is 6.42 Å². The molecule has 13 nitrogen and oxygen atoms in total. The van der Waals surface area contributed by atoms with Gasteiger partial charge in [-0.1, -0.05) is 0 Å². The number of β-amino-alcohol motifs (C(OH)–C–C–N with tert-alkyl or cyclic N) is 1. The lowest BCUT2D eigenvalue weighted by Crippen LogP contribution is -2.38. The summed E-state index contributed by atoms with van der Waals surface area (Å²) in [5, 5.41) is 31.8. The van der Waals surface area contributed by atoms with E-state index < -0.39 is 28.1 Å². The maximum absolute atomic E-state index is 12.7. The molecule has 2 fully saturated rings. The van der Waals surface area contributed by atoms with Crippen molar-refractivity contribution in [1.29, 1.82) is 0 Å². The number of rotatable bonds is 9. The van der Waals surface area contributed by atoms with E-state index in [1.807, 2.05) is 0 Å². The molecule has 0 unspecified atom stereocenters. The standard InChI is InChI=1S/C25H28N4O9S/c30-22-11-21(27(12-22)25(32)38-15-18-3-7-20(8-4-18)29(35)36)16-39-23-9-10-26(13-23)24(31)37-14-17-1-5-19(6-2-17)28(33)34/h1-8,21-23,30H,9-16H2/t21-,22+,23-/m0/s1. The van der Waals surface area contributed by atoms with Gasteiger partial charge in [0.15, 0.2) is 0 Å². The van der Waals surface area contributed by atoms with Gasteiger partial charge in [0, 0.05) is 54.4 Å². The number of aliphatic hydroxyl groups excluding tert-OH is 1. The first-order valence-electron chi connectivity index (χ1n) is 12.3. The average Bonchev–Trinajstić information content (AvgIpc) is 3.56. The average molecular weight is 561 g/mol. The Hall–Kier alpha value is -3.91. The number of nitro benzene ring substituents is 2. The highest BCUT2D eigenvalue weighted by Crippen LogP contribution is 2.29. The SMILES string of the molecule is O=C(OCc1ccc([N+](=O)[O-])cc1)N1CC[C@H](SC[C@@H]2C[C@@H](O)CN2C(=O)OCc2ccc([N+](=O)[O-])cc2)C1. The first-order chi connectivity index (χ1) is 18.7. The molecule has 0 aromatic heterocycles. The number of benzene rings is 2. The normalized spacial score (nSPS) is 20.6. The monoisotopic (exact) mass is 560 g/mol. The molecule has 2 saturated heterocycles. The highest BCUT2D eigenvalue weighted by Gasteiger charge is 2.37. The number of thioether (sulfide) groups is 1. The molecule has 39 heavy (non-hydrogen) atoms. The van der Waals surface area contributed by atoms with Crippen molar-refractivity contribution >= 4 is 35.3 Å². The van der Waals surface area contributed by atoms with Gasteiger partial charge < -0.3 is 24.4 Å². The molecule has 0 aliphatic carbocycles. The molecule has 0 bridgehead atoms. The second-order valence-electron chi connectivity index (χ2n) is 9.34. The quantitative estimate of drug-likeness (QED) is 0.353. The van der Waals surface area contributed by atoms with Crippen LogP contribution in [-0.4, -0.2) is 79.7 Å². The molecule has 4 rings (SSSR count). The number of amides is 2. The van der Waals surface area contributed by atoms with Crippen LogP contribution in [0.1, 0.15) is 24.0 Å². The molecule has 2 amide bonds. The third-order valence-corrected chi connectivity index (χ3v) is 8.01. The number of aliphatic hydroxyl groups is 1. The van der Waals surface area contributed by atoms with Crippen molar-refractivity contribution in [2.24, 2.45) is 0 Å². The van der Waals surface area contributed by atoms with Gasteiger partial charge in [0.1, 0.15) is 13.2 Å². The number of nitro groups is 2. The number of carbonyl (C=O) groups excluding carboxylic acids is 2. The Labute approximate surface area is 228 Å². The van der Waals surface area contributed by atoms with E-state index in [9.17, 15) is 34.9 Å². The molecular weight excluding hydrogens is 532 g/mol. The van der Waals surface area contributed by atoms with Crippen molar-refractivity contribution in [3.63, 3.8) is 0 Å². The van der Waals surface area contributed by atoms with Crippen LogP contribution in [0.2, 0.25) is 0 Å². The smallest absolute Gasteiger partial charge is 0.410 e. The zero-order valence-electron chi connectivity index (χ0n) is 20.9. The number of hydrogen-bond donors (Lipinski definition) is 1. The summed E-state index contributed by atoms with van der Waals surface area (Å²) in [4.78, 5) is 48.8. The molecule has 0 spiro atoms. The fourth-order valence-electron chi connectivity index (χ4n) is 4.44. The molecule has 2 aliphatic heterocycles. The van der Waals surface area contributed by atoms with Crippen molar-refractivity contribution in [2.75, 3.05) is 25.4 Å². The number of ether oxygens (including phenoxy) is 2. The minimum absolute atomic E-state index is 0.0159. The number of nitrogens with zero attached hydrogens (tertiary/aromatic N) is 4. The molecule has 2 aliphatic rings. The van der Waals surface area contributed by atoms with E-state index in [0.29, 0.717) is 36.4 Å². The number of hydrogen-bond acceptors (Lipinski definition) is 10. The minimum atomic E-state index is -0.656. The summed E-state index contributed by atoms with van der Waals surface area (Å²) in [7, 11) is 0. The molecule has 3 atom stereocenters. The van der Waals surface area contributed by atoms with E-state index in [1.165, 1.54) is 41.3 Å². The number of likely N-dealkylation sites (tertiary alicyclic amines) is 2. The Morgan fingerprint density at radius 3 is 1.97 bits per heavy atom. The van der Waals surface area contributed by atoms with Gasteiger partial charge >= 0.3 is 12.2 Å². The van der Waals surface area contributed by atoms with E-state index in [-0.39, 0.29) is 42.4 Å². The molecule has 0 saturated carbocycles. The molecule has 0 radical (unpaired) electrons. The van der Waals surface area contributed by atoms with Crippen LogP contribution in [0.25, 0.3) is 0 Å². The Balaban J connectivity index is 1.20. The van der Waals surface area contributed by atoms with Gasteiger partial charge in [0.25, 0.3) is 11.4 Å². The van der Waals surface area contributed by atoms with E-state index >= 15 is 0 Å². The van der Waals surface area contributed by atoms with Crippen molar-refractivity contribution in [3.05, 3.63) is 79.9 Å². The van der Waals surface area contributed by atoms with Gasteiger partial charge in [-0.05, 0) is 48.2 Å². The topological polar surface area (TPSA) is 166 Å². The number of non-ortho nitro benzene ring substituents is 2. The summed E-state index contributed by atoms with van der Waals surface area (Å²) in [6.07, 6.45) is -0.482. The van der Waals surface area contributed by atoms with Crippen LogP contribution in [0.3, 0.4) is 0 Å². The maximum atomic E-state index is 12.7. The van der Waals surface area contributed by atoms with Gasteiger partial charge in [-0.25, -0.2) is 9.59 Å². The molecule has 1 N–H and O–H groups in total. The van der Waals surface area contributed by atoms with Gasteiger partial charge in [-0.2, -0.15) is 11.8 Å². The van der Waals surface area contributed by atoms with Crippen LogP contribution in [0.15, 0.2) is 48.5 Å². The highest BCUT2D eigenvalue weighted by molar-refractivity contribution is 8.00. The zero-order chi connectivity index (χ0) is 27.9. The summed E-state index contributed by atoms with van der Waals surface area (Å²) in [5.41, 5.74) is 1.19. The largest absolute Gasteiger partial charge is 0.445 e. The van der Waals surface area contributed by atoms with Crippen LogP contribution in [0.4, 0.5) is 21.0 Å². The lowest BCUT2D eigenvalue weighted by molar-refractivity contribution is -0.385. The van der Waals surface area contributed by atoms with Crippen molar-refractivity contribution in [3.8, 4) is 0 Å². The summed E-state index contributed by atoms with van der Waals surface area (Å²) in [6.45, 7) is 1.16. The highest BCUT2D eigenvalue weighted by atomic mass is 32.2. The zero-order valence-corrected chi connectivity index (χ0v) is 21.7. The van der Waals surface area contributed by atoms with Crippen molar-refractivity contribution in [1.82, 2.24) is 9.80 Å². The lowest BCUT2D eigenvalue weighted by Gasteiger charge is -2.24. The second-order valence-corrected chi connectivity index (χ2v) is 10.7. The van der Waals surface area contributed by atoms with E-state index in [2.05, 4.69) is 0 Å². The first-order valence-corrected chi connectivity index (χ1v) is 13.4. The summed E-state index contributed by atoms with van der Waals surface area (Å²) in [6, 6.07) is 11.3. The predicted molar refractivity (Wildman–Crippen MR) is 140 cm³/mol.